The zero-order valence-electron chi connectivity index (χ0n) is 17.4. The Morgan fingerprint density at radius 3 is 2.27 bits per heavy atom. The van der Waals surface area contributed by atoms with Gasteiger partial charge in [0.25, 0.3) is 0 Å². The third-order valence-corrected chi connectivity index (χ3v) is 6.66. The molecule has 30 heavy (non-hydrogen) atoms. The van der Waals surface area contributed by atoms with E-state index >= 15 is 0 Å². The van der Waals surface area contributed by atoms with Gasteiger partial charge in [0.1, 0.15) is 5.75 Å². The van der Waals surface area contributed by atoms with E-state index in [-0.39, 0.29) is 0 Å². The van der Waals surface area contributed by atoms with Crippen LogP contribution in [0.1, 0.15) is 51.1 Å². The smallest absolute Gasteiger partial charge is 0.238 e. The normalized spacial score (nSPS) is 17.3. The topological polar surface area (TPSA) is 64.1 Å². The van der Waals surface area contributed by atoms with Crippen LogP contribution in [0.15, 0.2) is 71.6 Å². The Morgan fingerprint density at radius 2 is 1.60 bits per heavy atom. The number of nitrogens with one attached hydrogen (secondary N) is 1. The Balaban J connectivity index is 1.61. The van der Waals surface area contributed by atoms with Gasteiger partial charge >= 0.3 is 0 Å². The fraction of sp³-hybridized carbons (Fsp3) is 0.333. The number of ether oxygens (including phenoxy) is 1. The monoisotopic (exact) mass is 421 g/mol. The largest absolute Gasteiger partial charge is 0.439 e. The first-order chi connectivity index (χ1) is 14.5. The van der Waals surface area contributed by atoms with E-state index in [2.05, 4.69) is 23.6 Å². The SMILES string of the molecule is CC1(C)CCC(c2cc(Oc3ccccc3)nc(NS(=O)c3ccccc3)n2)CC1. The van der Waals surface area contributed by atoms with Gasteiger partial charge in [0, 0.05) is 12.0 Å². The third kappa shape index (κ3) is 5.25. The summed E-state index contributed by atoms with van der Waals surface area (Å²) >= 11 is 0. The maximum atomic E-state index is 12.7. The van der Waals surface area contributed by atoms with Gasteiger partial charge in [-0.25, -0.2) is 9.19 Å². The molecule has 2 aromatic carbocycles. The fourth-order valence-corrected chi connectivity index (χ4v) is 4.52. The molecule has 1 N–H and O–H groups in total. The average Bonchev–Trinajstić information content (AvgIpc) is 2.75. The molecule has 0 radical (unpaired) electrons. The highest BCUT2D eigenvalue weighted by atomic mass is 32.2. The summed E-state index contributed by atoms with van der Waals surface area (Å²) in [6, 6.07) is 20.7. The Morgan fingerprint density at radius 1 is 0.967 bits per heavy atom. The van der Waals surface area contributed by atoms with E-state index < -0.39 is 11.0 Å². The molecule has 1 fully saturated rings. The van der Waals surface area contributed by atoms with Crippen LogP contribution >= 0.6 is 0 Å². The second-order valence-corrected chi connectivity index (χ2v) is 9.71. The summed E-state index contributed by atoms with van der Waals surface area (Å²) in [6.07, 6.45) is 4.48. The molecule has 1 saturated carbocycles. The van der Waals surface area contributed by atoms with Crippen LogP contribution in [0.5, 0.6) is 11.6 Å². The second kappa shape index (κ2) is 8.96. The van der Waals surface area contributed by atoms with Crippen LogP contribution < -0.4 is 9.46 Å². The molecule has 1 atom stereocenters. The Labute approximate surface area is 180 Å². The van der Waals surface area contributed by atoms with Gasteiger partial charge in [-0.1, -0.05) is 50.2 Å². The molecule has 1 aliphatic rings. The number of para-hydroxylation sites is 1. The highest BCUT2D eigenvalue weighted by Crippen LogP contribution is 2.42. The van der Waals surface area contributed by atoms with Gasteiger partial charge in [0.05, 0.1) is 10.6 Å². The summed E-state index contributed by atoms with van der Waals surface area (Å²) in [5.41, 5.74) is 1.32. The van der Waals surface area contributed by atoms with Gasteiger partial charge in [0.2, 0.25) is 11.8 Å². The summed E-state index contributed by atoms with van der Waals surface area (Å²) in [7, 11) is -1.45. The molecular formula is C24H27N3O2S. The van der Waals surface area contributed by atoms with E-state index in [0.717, 1.165) is 31.4 Å². The molecule has 6 heteroatoms. The van der Waals surface area contributed by atoms with Gasteiger partial charge in [-0.3, -0.25) is 4.72 Å². The van der Waals surface area contributed by atoms with Crippen LogP contribution in [-0.2, 0) is 11.0 Å². The van der Waals surface area contributed by atoms with E-state index in [4.69, 9.17) is 9.72 Å². The maximum absolute atomic E-state index is 12.7. The van der Waals surface area contributed by atoms with Crippen molar-refractivity contribution < 1.29 is 8.95 Å². The summed E-state index contributed by atoms with van der Waals surface area (Å²) < 4.78 is 21.7. The molecular weight excluding hydrogens is 394 g/mol. The Bertz CT molecular complexity index is 999. The molecule has 1 aliphatic carbocycles. The molecule has 0 bridgehead atoms. The number of nitrogens with zero attached hydrogens (tertiary/aromatic N) is 2. The lowest BCUT2D eigenvalue weighted by Crippen LogP contribution is -2.21. The predicted octanol–water partition coefficient (Wildman–Crippen LogP) is 6.09. The van der Waals surface area contributed by atoms with Crippen molar-refractivity contribution in [3.05, 3.63) is 72.4 Å². The Hall–Kier alpha value is -2.73. The molecule has 3 aromatic rings. The lowest BCUT2D eigenvalue weighted by atomic mass is 9.72. The molecule has 0 spiro atoms. The third-order valence-electron chi connectivity index (χ3n) is 5.59. The lowest BCUT2D eigenvalue weighted by molar-refractivity contribution is 0.222. The van der Waals surface area contributed by atoms with E-state index in [1.165, 1.54) is 0 Å². The van der Waals surface area contributed by atoms with Gasteiger partial charge in [-0.15, -0.1) is 0 Å². The lowest BCUT2D eigenvalue weighted by Gasteiger charge is -2.34. The number of benzene rings is 2. The molecule has 0 amide bonds. The van der Waals surface area contributed by atoms with Gasteiger partial charge < -0.3 is 4.74 Å². The molecule has 1 heterocycles. The number of aromatic nitrogens is 2. The molecule has 5 nitrogen and oxygen atoms in total. The van der Waals surface area contributed by atoms with Crippen molar-refractivity contribution in [3.63, 3.8) is 0 Å². The second-order valence-electron chi connectivity index (χ2n) is 8.49. The average molecular weight is 422 g/mol. The molecule has 1 unspecified atom stereocenters. The van der Waals surface area contributed by atoms with E-state index in [0.29, 0.717) is 33.8 Å². The predicted molar refractivity (Wildman–Crippen MR) is 120 cm³/mol. The summed E-state index contributed by atoms with van der Waals surface area (Å²) in [5.74, 6) is 1.85. The summed E-state index contributed by atoms with van der Waals surface area (Å²) in [6.45, 7) is 4.65. The van der Waals surface area contributed by atoms with Crippen molar-refractivity contribution in [1.82, 2.24) is 9.97 Å². The van der Waals surface area contributed by atoms with Crippen LogP contribution in [0.2, 0.25) is 0 Å². The molecule has 0 saturated heterocycles. The first kappa shape index (κ1) is 20.5. The number of hydrogen-bond donors (Lipinski definition) is 1. The van der Waals surface area contributed by atoms with Crippen LogP contribution in [0.4, 0.5) is 5.95 Å². The van der Waals surface area contributed by atoms with Crippen molar-refractivity contribution in [1.29, 1.82) is 0 Å². The van der Waals surface area contributed by atoms with Crippen LogP contribution in [0, 0.1) is 5.41 Å². The van der Waals surface area contributed by atoms with E-state index in [1.807, 2.05) is 66.7 Å². The minimum absolute atomic E-state index is 0.324. The van der Waals surface area contributed by atoms with E-state index in [1.54, 1.807) is 0 Å². The van der Waals surface area contributed by atoms with Crippen molar-refractivity contribution in [2.75, 3.05) is 4.72 Å². The zero-order valence-corrected chi connectivity index (χ0v) is 18.2. The molecule has 4 rings (SSSR count). The van der Waals surface area contributed by atoms with E-state index in [9.17, 15) is 4.21 Å². The van der Waals surface area contributed by atoms with Crippen molar-refractivity contribution in [2.45, 2.75) is 50.3 Å². The van der Waals surface area contributed by atoms with Crippen LogP contribution in [-0.4, -0.2) is 14.2 Å². The van der Waals surface area contributed by atoms with Crippen LogP contribution in [0.3, 0.4) is 0 Å². The van der Waals surface area contributed by atoms with Crippen molar-refractivity contribution in [3.8, 4) is 11.6 Å². The Kier molecular flexibility index (Phi) is 6.13. The molecule has 0 aliphatic heterocycles. The van der Waals surface area contributed by atoms with Gasteiger partial charge in [-0.2, -0.15) is 4.98 Å². The number of hydrogen-bond acceptors (Lipinski definition) is 4. The number of rotatable bonds is 6. The minimum Gasteiger partial charge on any atom is -0.439 e. The quantitative estimate of drug-likeness (QED) is 0.523. The van der Waals surface area contributed by atoms with Crippen molar-refractivity contribution in [2.24, 2.45) is 5.41 Å². The molecule has 156 valence electrons. The number of anilines is 1. The molecule has 1 aromatic heterocycles. The van der Waals surface area contributed by atoms with Crippen LogP contribution in [0.25, 0.3) is 0 Å². The summed E-state index contributed by atoms with van der Waals surface area (Å²) in [5, 5.41) is 0. The fourth-order valence-electron chi connectivity index (χ4n) is 3.74. The minimum atomic E-state index is -1.45. The van der Waals surface area contributed by atoms with Crippen molar-refractivity contribution >= 4 is 16.9 Å². The standard InChI is InChI=1S/C24H27N3O2S/c1-24(2)15-13-18(14-16-24)21-17-22(29-19-9-5-3-6-10-19)26-23(25-21)27-30(28)20-11-7-4-8-12-20/h3-12,17-18H,13-16H2,1-2H3,(H,25,26,27). The summed E-state index contributed by atoms with van der Waals surface area (Å²) in [4.78, 5) is 9.87. The first-order valence-electron chi connectivity index (χ1n) is 10.3. The maximum Gasteiger partial charge on any atom is 0.238 e. The first-order valence-corrected chi connectivity index (χ1v) is 11.5. The highest BCUT2D eigenvalue weighted by Gasteiger charge is 2.29. The van der Waals surface area contributed by atoms with Gasteiger partial charge in [-0.05, 0) is 55.4 Å². The highest BCUT2D eigenvalue weighted by molar-refractivity contribution is 7.86. The van der Waals surface area contributed by atoms with Gasteiger partial charge in [0.15, 0.2) is 11.0 Å². The zero-order chi connectivity index (χ0) is 21.0.